The lowest BCUT2D eigenvalue weighted by molar-refractivity contribution is -0.384. The SMILES string of the molecule is CN(C(=O)c1ccccc1NC(=S)NC(=O)c1ccc([N+](=O)[O-])cc1)C1CCCCC1. The maximum absolute atomic E-state index is 13.1. The highest BCUT2D eigenvalue weighted by Crippen LogP contribution is 2.25. The van der Waals surface area contributed by atoms with Gasteiger partial charge in [0.2, 0.25) is 0 Å². The van der Waals surface area contributed by atoms with Gasteiger partial charge in [-0.25, -0.2) is 0 Å². The maximum atomic E-state index is 13.1. The molecule has 31 heavy (non-hydrogen) atoms. The number of rotatable bonds is 5. The van der Waals surface area contributed by atoms with Crippen molar-refractivity contribution in [2.24, 2.45) is 0 Å². The number of thiocarbonyl (C=S) groups is 1. The summed E-state index contributed by atoms with van der Waals surface area (Å²) in [5, 5.41) is 16.2. The molecular weight excluding hydrogens is 416 g/mol. The van der Waals surface area contributed by atoms with Gasteiger partial charge >= 0.3 is 0 Å². The molecule has 0 aliphatic heterocycles. The standard InChI is InChI=1S/C22H24N4O4S/c1-25(16-7-3-2-4-8-16)21(28)18-9-5-6-10-19(18)23-22(31)24-20(27)15-11-13-17(14-12-15)26(29)30/h5-6,9-14,16H,2-4,7-8H2,1H3,(H2,23,24,27,31). The van der Waals surface area contributed by atoms with Crippen molar-refractivity contribution in [3.05, 3.63) is 69.8 Å². The summed E-state index contributed by atoms with van der Waals surface area (Å²) in [7, 11) is 1.82. The molecular formula is C22H24N4O4S. The Hall–Kier alpha value is -3.33. The third-order valence-electron chi connectivity index (χ3n) is 5.42. The zero-order chi connectivity index (χ0) is 22.4. The molecule has 0 unspecified atom stereocenters. The molecule has 0 bridgehead atoms. The van der Waals surface area contributed by atoms with Crippen LogP contribution in [0.15, 0.2) is 48.5 Å². The molecule has 0 spiro atoms. The fourth-order valence-electron chi connectivity index (χ4n) is 3.67. The number of benzene rings is 2. The Morgan fingerprint density at radius 2 is 1.71 bits per heavy atom. The minimum absolute atomic E-state index is 0.0314. The van der Waals surface area contributed by atoms with E-state index in [1.807, 2.05) is 7.05 Å². The van der Waals surface area contributed by atoms with Gasteiger partial charge in [-0.05, 0) is 49.3 Å². The summed E-state index contributed by atoms with van der Waals surface area (Å²) in [5.41, 5.74) is 1.11. The Morgan fingerprint density at radius 1 is 1.06 bits per heavy atom. The fraction of sp³-hybridized carbons (Fsp3) is 0.318. The predicted octanol–water partition coefficient (Wildman–Crippen LogP) is 4.13. The second-order valence-electron chi connectivity index (χ2n) is 7.47. The van der Waals surface area contributed by atoms with E-state index in [4.69, 9.17) is 12.2 Å². The highest BCUT2D eigenvalue weighted by atomic mass is 32.1. The average molecular weight is 441 g/mol. The number of hydrogen-bond acceptors (Lipinski definition) is 5. The summed E-state index contributed by atoms with van der Waals surface area (Å²) in [6.45, 7) is 0. The molecule has 9 heteroatoms. The molecule has 1 aliphatic carbocycles. The first-order valence-electron chi connectivity index (χ1n) is 10.1. The van der Waals surface area contributed by atoms with Crippen LogP contribution in [0.1, 0.15) is 52.8 Å². The average Bonchev–Trinajstić information content (AvgIpc) is 2.79. The third-order valence-corrected chi connectivity index (χ3v) is 5.62. The van der Waals surface area contributed by atoms with Gasteiger partial charge in [-0.15, -0.1) is 0 Å². The van der Waals surface area contributed by atoms with Crippen LogP contribution in [0.2, 0.25) is 0 Å². The van der Waals surface area contributed by atoms with Crippen LogP contribution in [0, 0.1) is 10.1 Å². The zero-order valence-corrected chi connectivity index (χ0v) is 18.0. The number of amides is 2. The third kappa shape index (κ3) is 5.64. The topological polar surface area (TPSA) is 105 Å². The molecule has 2 aromatic carbocycles. The largest absolute Gasteiger partial charge is 0.339 e. The normalized spacial score (nSPS) is 13.8. The Labute approximate surface area is 185 Å². The molecule has 0 radical (unpaired) electrons. The highest BCUT2D eigenvalue weighted by Gasteiger charge is 2.24. The molecule has 162 valence electrons. The lowest BCUT2D eigenvalue weighted by atomic mass is 9.94. The van der Waals surface area contributed by atoms with E-state index >= 15 is 0 Å². The van der Waals surface area contributed by atoms with E-state index < -0.39 is 10.8 Å². The minimum Gasteiger partial charge on any atom is -0.339 e. The van der Waals surface area contributed by atoms with Gasteiger partial charge < -0.3 is 10.2 Å². The predicted molar refractivity (Wildman–Crippen MR) is 122 cm³/mol. The molecule has 1 fully saturated rings. The van der Waals surface area contributed by atoms with Gasteiger partial charge in [0.15, 0.2) is 5.11 Å². The molecule has 1 saturated carbocycles. The molecule has 0 aromatic heterocycles. The summed E-state index contributed by atoms with van der Waals surface area (Å²) in [4.78, 5) is 37.4. The number of carbonyl (C=O) groups is 2. The van der Waals surface area contributed by atoms with Crippen LogP contribution >= 0.6 is 12.2 Å². The highest BCUT2D eigenvalue weighted by molar-refractivity contribution is 7.80. The van der Waals surface area contributed by atoms with Gasteiger partial charge in [-0.3, -0.25) is 25.0 Å². The summed E-state index contributed by atoms with van der Waals surface area (Å²) in [6.07, 6.45) is 5.46. The van der Waals surface area contributed by atoms with Gasteiger partial charge in [0, 0.05) is 30.8 Å². The number of nitrogens with zero attached hydrogens (tertiary/aromatic N) is 2. The number of nitro groups is 1. The van der Waals surface area contributed by atoms with Crippen LogP contribution in [0.5, 0.6) is 0 Å². The number of nitrogens with one attached hydrogen (secondary N) is 2. The van der Waals surface area contributed by atoms with Crippen molar-refractivity contribution in [1.82, 2.24) is 10.2 Å². The number of nitro benzene ring substituents is 1. The van der Waals surface area contributed by atoms with E-state index in [1.165, 1.54) is 30.7 Å². The van der Waals surface area contributed by atoms with Crippen molar-refractivity contribution in [3.8, 4) is 0 Å². The quantitative estimate of drug-likeness (QED) is 0.412. The van der Waals surface area contributed by atoms with Gasteiger partial charge in [0.05, 0.1) is 16.2 Å². The molecule has 0 heterocycles. The summed E-state index contributed by atoms with van der Waals surface area (Å²) < 4.78 is 0. The Morgan fingerprint density at radius 3 is 2.35 bits per heavy atom. The van der Waals surface area contributed by atoms with E-state index in [0.717, 1.165) is 25.7 Å². The van der Waals surface area contributed by atoms with Crippen molar-refractivity contribution in [3.63, 3.8) is 0 Å². The number of non-ortho nitro benzene ring substituents is 1. The van der Waals surface area contributed by atoms with Gasteiger partial charge in [-0.1, -0.05) is 31.4 Å². The van der Waals surface area contributed by atoms with Crippen LogP contribution in [0.4, 0.5) is 11.4 Å². The van der Waals surface area contributed by atoms with Crippen LogP contribution in [0.25, 0.3) is 0 Å². The van der Waals surface area contributed by atoms with E-state index in [0.29, 0.717) is 11.3 Å². The van der Waals surface area contributed by atoms with Crippen LogP contribution in [0.3, 0.4) is 0 Å². The van der Waals surface area contributed by atoms with Crippen molar-refractivity contribution in [2.75, 3.05) is 12.4 Å². The van der Waals surface area contributed by atoms with E-state index in [2.05, 4.69) is 10.6 Å². The van der Waals surface area contributed by atoms with Crippen molar-refractivity contribution in [1.29, 1.82) is 0 Å². The molecule has 2 N–H and O–H groups in total. The van der Waals surface area contributed by atoms with E-state index in [9.17, 15) is 19.7 Å². The summed E-state index contributed by atoms with van der Waals surface area (Å²) >= 11 is 5.24. The van der Waals surface area contributed by atoms with Gasteiger partial charge in [-0.2, -0.15) is 0 Å². The number of hydrogen-bond donors (Lipinski definition) is 2. The first kappa shape index (κ1) is 22.4. The molecule has 0 saturated heterocycles. The van der Waals surface area contributed by atoms with Crippen molar-refractivity contribution >= 4 is 40.5 Å². The Balaban J connectivity index is 1.66. The minimum atomic E-state index is -0.536. The molecule has 2 aromatic rings. The second-order valence-corrected chi connectivity index (χ2v) is 7.87. The monoisotopic (exact) mass is 440 g/mol. The molecule has 1 aliphatic rings. The fourth-order valence-corrected chi connectivity index (χ4v) is 3.87. The first-order valence-corrected chi connectivity index (χ1v) is 10.5. The number of anilines is 1. The maximum Gasteiger partial charge on any atom is 0.269 e. The van der Waals surface area contributed by atoms with Crippen molar-refractivity contribution < 1.29 is 14.5 Å². The number of carbonyl (C=O) groups excluding carboxylic acids is 2. The van der Waals surface area contributed by atoms with Gasteiger partial charge in [0.1, 0.15) is 0 Å². The lowest BCUT2D eigenvalue weighted by Crippen LogP contribution is -2.39. The van der Waals surface area contributed by atoms with Crippen molar-refractivity contribution in [2.45, 2.75) is 38.1 Å². The zero-order valence-electron chi connectivity index (χ0n) is 17.2. The molecule has 8 nitrogen and oxygen atoms in total. The Bertz CT molecular complexity index is 987. The molecule has 0 atom stereocenters. The van der Waals surface area contributed by atoms with E-state index in [-0.39, 0.29) is 28.3 Å². The lowest BCUT2D eigenvalue weighted by Gasteiger charge is -2.31. The summed E-state index contributed by atoms with van der Waals surface area (Å²) in [5.74, 6) is -0.602. The van der Waals surface area contributed by atoms with Crippen LogP contribution in [-0.4, -0.2) is 39.8 Å². The van der Waals surface area contributed by atoms with E-state index in [1.54, 1.807) is 29.2 Å². The Kier molecular flexibility index (Phi) is 7.30. The summed E-state index contributed by atoms with van der Waals surface area (Å²) in [6, 6.07) is 12.5. The first-order chi connectivity index (χ1) is 14.9. The smallest absolute Gasteiger partial charge is 0.269 e. The van der Waals surface area contributed by atoms with Crippen LogP contribution in [-0.2, 0) is 0 Å². The van der Waals surface area contributed by atoms with Gasteiger partial charge in [0.25, 0.3) is 17.5 Å². The molecule has 2 amide bonds. The second kappa shape index (κ2) is 10.1. The number of para-hydroxylation sites is 1. The molecule has 3 rings (SSSR count). The van der Waals surface area contributed by atoms with Crippen LogP contribution < -0.4 is 10.6 Å².